The van der Waals surface area contributed by atoms with Crippen LogP contribution in [0.3, 0.4) is 0 Å². The molecule has 3 aliphatic rings. The van der Waals surface area contributed by atoms with Crippen molar-refractivity contribution in [3.8, 4) is 0 Å². The normalized spacial score (nSPS) is 44.7. The van der Waals surface area contributed by atoms with Gasteiger partial charge in [0, 0.05) is 36.6 Å². The van der Waals surface area contributed by atoms with Gasteiger partial charge in [-0.2, -0.15) is 0 Å². The van der Waals surface area contributed by atoms with Crippen molar-refractivity contribution >= 4 is 0 Å². The summed E-state index contributed by atoms with van der Waals surface area (Å²) >= 11 is 0. The highest BCUT2D eigenvalue weighted by Gasteiger charge is 2.67. The van der Waals surface area contributed by atoms with Crippen LogP contribution in [0.15, 0.2) is 0 Å². The lowest BCUT2D eigenvalue weighted by Crippen LogP contribution is -2.78. The Morgan fingerprint density at radius 2 is 2.00 bits per heavy atom. The molecule has 3 heteroatoms. The van der Waals surface area contributed by atoms with E-state index in [2.05, 4.69) is 32.6 Å². The number of fused-ring (bicyclic) bond motifs is 1. The Hall–Kier alpha value is -0.120. The highest BCUT2D eigenvalue weighted by molar-refractivity contribution is 5.21. The highest BCUT2D eigenvalue weighted by atomic mass is 16.5. The Labute approximate surface area is 117 Å². The van der Waals surface area contributed by atoms with E-state index in [4.69, 9.17) is 10.5 Å². The Morgan fingerprint density at radius 1 is 1.26 bits per heavy atom. The molecule has 2 heterocycles. The van der Waals surface area contributed by atoms with Gasteiger partial charge in [-0.3, -0.25) is 0 Å². The molecule has 2 aliphatic heterocycles. The molecule has 3 unspecified atom stereocenters. The molecule has 0 bridgehead atoms. The maximum atomic E-state index is 6.86. The molecule has 2 N–H and O–H groups in total. The van der Waals surface area contributed by atoms with Crippen molar-refractivity contribution in [1.29, 1.82) is 0 Å². The summed E-state index contributed by atoms with van der Waals surface area (Å²) in [7, 11) is 0. The van der Waals surface area contributed by atoms with E-state index in [1.54, 1.807) is 0 Å². The first kappa shape index (κ1) is 13.8. The summed E-state index contributed by atoms with van der Waals surface area (Å²) in [6, 6.07) is 0. The van der Waals surface area contributed by atoms with Crippen LogP contribution in [0.25, 0.3) is 0 Å². The minimum atomic E-state index is -0.0540. The topological polar surface area (TPSA) is 38.5 Å². The van der Waals surface area contributed by atoms with Gasteiger partial charge in [0.15, 0.2) is 0 Å². The SMILES string of the molecule is CC1(C)CCCN(CC2(N)C3CCOC3C2(C)C)C1. The van der Waals surface area contributed by atoms with Crippen LogP contribution in [0.5, 0.6) is 0 Å². The monoisotopic (exact) mass is 266 g/mol. The molecule has 1 aliphatic carbocycles. The summed E-state index contributed by atoms with van der Waals surface area (Å²) in [6.07, 6.45) is 4.21. The summed E-state index contributed by atoms with van der Waals surface area (Å²) in [6.45, 7) is 13.7. The summed E-state index contributed by atoms with van der Waals surface area (Å²) < 4.78 is 5.89. The van der Waals surface area contributed by atoms with Crippen LogP contribution >= 0.6 is 0 Å². The lowest BCUT2D eigenvalue weighted by molar-refractivity contribution is -0.165. The highest BCUT2D eigenvalue weighted by Crippen LogP contribution is 2.58. The molecule has 0 aromatic carbocycles. The molecular formula is C16H30N2O. The van der Waals surface area contributed by atoms with Crippen LogP contribution in [0, 0.1) is 16.7 Å². The van der Waals surface area contributed by atoms with Crippen molar-refractivity contribution in [3.63, 3.8) is 0 Å². The van der Waals surface area contributed by atoms with E-state index >= 15 is 0 Å². The third-order valence-electron chi connectivity index (χ3n) is 6.13. The summed E-state index contributed by atoms with van der Waals surface area (Å²) in [4.78, 5) is 2.61. The first-order valence-corrected chi connectivity index (χ1v) is 7.89. The molecule has 3 rings (SSSR count). The van der Waals surface area contributed by atoms with Crippen molar-refractivity contribution in [2.45, 2.75) is 58.6 Å². The molecule has 0 amide bonds. The second-order valence-electron chi connectivity index (χ2n) is 8.43. The maximum Gasteiger partial charge on any atom is 0.0691 e. The van der Waals surface area contributed by atoms with E-state index in [1.165, 1.54) is 25.9 Å². The molecule has 1 saturated carbocycles. The van der Waals surface area contributed by atoms with Crippen molar-refractivity contribution in [1.82, 2.24) is 4.90 Å². The fraction of sp³-hybridized carbons (Fsp3) is 1.00. The number of nitrogens with two attached hydrogens (primary N) is 1. The number of nitrogens with zero attached hydrogens (tertiary/aromatic N) is 1. The second-order valence-corrected chi connectivity index (χ2v) is 8.43. The van der Waals surface area contributed by atoms with Crippen LogP contribution < -0.4 is 5.73 Å². The predicted octanol–water partition coefficient (Wildman–Crippen LogP) is 2.25. The van der Waals surface area contributed by atoms with E-state index in [0.29, 0.717) is 17.4 Å². The summed E-state index contributed by atoms with van der Waals surface area (Å²) in [5, 5.41) is 0. The number of hydrogen-bond donors (Lipinski definition) is 1. The first-order chi connectivity index (χ1) is 8.76. The smallest absolute Gasteiger partial charge is 0.0691 e. The number of likely N-dealkylation sites (tertiary alicyclic amines) is 1. The molecule has 3 nitrogen and oxygen atoms in total. The summed E-state index contributed by atoms with van der Waals surface area (Å²) in [5.74, 6) is 0.576. The lowest BCUT2D eigenvalue weighted by atomic mass is 9.48. The molecule has 0 spiro atoms. The van der Waals surface area contributed by atoms with Crippen molar-refractivity contribution < 1.29 is 4.74 Å². The molecule has 0 aromatic rings. The van der Waals surface area contributed by atoms with E-state index < -0.39 is 0 Å². The Kier molecular flexibility index (Phi) is 3.05. The van der Waals surface area contributed by atoms with Gasteiger partial charge in [0.2, 0.25) is 0 Å². The fourth-order valence-electron chi connectivity index (χ4n) is 4.85. The van der Waals surface area contributed by atoms with Gasteiger partial charge >= 0.3 is 0 Å². The van der Waals surface area contributed by atoms with Gasteiger partial charge in [-0.1, -0.05) is 27.7 Å². The molecule has 2 saturated heterocycles. The van der Waals surface area contributed by atoms with Gasteiger partial charge in [0.1, 0.15) is 0 Å². The van der Waals surface area contributed by atoms with Crippen LogP contribution in [0.1, 0.15) is 47.0 Å². The zero-order chi connectivity index (χ0) is 13.9. The number of hydrogen-bond acceptors (Lipinski definition) is 3. The van der Waals surface area contributed by atoms with E-state index in [-0.39, 0.29) is 11.0 Å². The molecule has 3 atom stereocenters. The quantitative estimate of drug-likeness (QED) is 0.833. The zero-order valence-electron chi connectivity index (χ0n) is 13.0. The molecule has 0 aromatic heterocycles. The van der Waals surface area contributed by atoms with Crippen LogP contribution in [-0.4, -0.2) is 42.8 Å². The molecule has 19 heavy (non-hydrogen) atoms. The lowest BCUT2D eigenvalue weighted by Gasteiger charge is -2.64. The Balaban J connectivity index is 1.72. The minimum Gasteiger partial charge on any atom is -0.377 e. The fourth-order valence-corrected chi connectivity index (χ4v) is 4.85. The third kappa shape index (κ3) is 1.97. The number of ether oxygens (including phenoxy) is 1. The van der Waals surface area contributed by atoms with Crippen LogP contribution in [0.2, 0.25) is 0 Å². The average Bonchev–Trinajstić information content (AvgIpc) is 2.75. The van der Waals surface area contributed by atoms with Crippen LogP contribution in [-0.2, 0) is 4.74 Å². The minimum absolute atomic E-state index is 0.0540. The van der Waals surface area contributed by atoms with Crippen LogP contribution in [0.4, 0.5) is 0 Å². The average molecular weight is 266 g/mol. The molecule has 3 fully saturated rings. The maximum absolute atomic E-state index is 6.86. The van der Waals surface area contributed by atoms with Gasteiger partial charge in [0.05, 0.1) is 6.10 Å². The Bertz CT molecular complexity index is 366. The van der Waals surface area contributed by atoms with Gasteiger partial charge in [-0.25, -0.2) is 0 Å². The van der Waals surface area contributed by atoms with Gasteiger partial charge in [-0.15, -0.1) is 0 Å². The molecule has 110 valence electrons. The molecule has 0 radical (unpaired) electrons. The third-order valence-corrected chi connectivity index (χ3v) is 6.13. The number of piperidine rings is 1. The standard InChI is InChI=1S/C16H30N2O/c1-14(2)7-5-8-18(10-14)11-16(17)12-6-9-19-13(12)15(16,3)4/h12-13H,5-11,17H2,1-4H3. The van der Waals surface area contributed by atoms with Gasteiger partial charge in [-0.05, 0) is 31.2 Å². The zero-order valence-corrected chi connectivity index (χ0v) is 13.0. The van der Waals surface area contributed by atoms with E-state index in [9.17, 15) is 0 Å². The van der Waals surface area contributed by atoms with Gasteiger partial charge in [0.25, 0.3) is 0 Å². The van der Waals surface area contributed by atoms with E-state index in [1.807, 2.05) is 0 Å². The van der Waals surface area contributed by atoms with Crippen molar-refractivity contribution in [2.24, 2.45) is 22.5 Å². The van der Waals surface area contributed by atoms with Crippen molar-refractivity contribution in [3.05, 3.63) is 0 Å². The van der Waals surface area contributed by atoms with E-state index in [0.717, 1.165) is 19.6 Å². The second kappa shape index (κ2) is 4.19. The predicted molar refractivity (Wildman–Crippen MR) is 78.0 cm³/mol. The largest absolute Gasteiger partial charge is 0.377 e. The van der Waals surface area contributed by atoms with Crippen molar-refractivity contribution in [2.75, 3.05) is 26.2 Å². The summed E-state index contributed by atoms with van der Waals surface area (Å²) in [5.41, 5.74) is 7.38. The number of rotatable bonds is 2. The molecular weight excluding hydrogens is 236 g/mol. The van der Waals surface area contributed by atoms with Gasteiger partial charge < -0.3 is 15.4 Å². The Morgan fingerprint density at radius 3 is 2.68 bits per heavy atom. The first-order valence-electron chi connectivity index (χ1n) is 7.89.